The molecule has 0 saturated carbocycles. The van der Waals surface area contributed by atoms with E-state index in [1.54, 1.807) is 32.9 Å². The number of rotatable bonds is 7. The Morgan fingerprint density at radius 2 is 1.93 bits per heavy atom. The molecule has 0 aliphatic rings. The number of carbonyl (C=O) groups excluding carboxylic acids is 3. The number of nitrogens with one attached hydrogen (secondary N) is 2. The lowest BCUT2D eigenvalue weighted by Crippen LogP contribution is -2.24. The fraction of sp³-hybridized carbons (Fsp3) is 0.294. The molecule has 2 aromatic rings. The number of thiophene rings is 1. The van der Waals surface area contributed by atoms with Crippen LogP contribution in [0.1, 0.15) is 45.2 Å². The second-order valence-corrected chi connectivity index (χ2v) is 6.06. The van der Waals surface area contributed by atoms with Gasteiger partial charge in [-0.1, -0.05) is 0 Å². The first-order valence-electron chi connectivity index (χ1n) is 8.09. The number of anilines is 1. The van der Waals surface area contributed by atoms with Crippen LogP contribution in [0.2, 0.25) is 0 Å². The fourth-order valence-electron chi connectivity index (χ4n) is 2.09. The third-order valence-electron chi connectivity index (χ3n) is 3.22. The summed E-state index contributed by atoms with van der Waals surface area (Å²) in [6, 6.07) is 2.65. The molecule has 2 aromatic heterocycles. The van der Waals surface area contributed by atoms with E-state index in [0.717, 1.165) is 11.3 Å². The first kappa shape index (κ1) is 20.2. The summed E-state index contributed by atoms with van der Waals surface area (Å²) in [4.78, 5) is 36.6. The molecular weight excluding hydrogens is 374 g/mol. The number of nitrogens with zero attached hydrogens (tertiary/aromatic N) is 1. The highest BCUT2D eigenvalue weighted by molar-refractivity contribution is 7.18. The molecule has 27 heavy (non-hydrogen) atoms. The van der Waals surface area contributed by atoms with E-state index in [9.17, 15) is 14.4 Å². The minimum Gasteiger partial charge on any atom is -0.463 e. The van der Waals surface area contributed by atoms with Gasteiger partial charge in [-0.05, 0) is 38.5 Å². The smallest absolute Gasteiger partial charge is 0.348 e. The zero-order valence-electron chi connectivity index (χ0n) is 15.0. The maximum absolute atomic E-state index is 12.2. The molecule has 0 aromatic carbocycles. The lowest BCUT2D eigenvalue weighted by Gasteiger charge is -2.06. The Bertz CT molecular complexity index is 841. The number of amides is 2. The normalized spacial score (nSPS) is 10.6. The first-order chi connectivity index (χ1) is 13.0. The Balaban J connectivity index is 2.20. The third kappa shape index (κ3) is 5.17. The lowest BCUT2D eigenvalue weighted by molar-refractivity contribution is 0.0527. The summed E-state index contributed by atoms with van der Waals surface area (Å²) in [5.41, 5.74) is 2.74. The molecule has 2 amide bonds. The van der Waals surface area contributed by atoms with Crippen LogP contribution in [0.4, 0.5) is 9.80 Å². The molecule has 9 nitrogen and oxygen atoms in total. The average molecular weight is 393 g/mol. The van der Waals surface area contributed by atoms with Crippen LogP contribution in [-0.2, 0) is 9.47 Å². The van der Waals surface area contributed by atoms with Gasteiger partial charge in [0.1, 0.15) is 15.6 Å². The van der Waals surface area contributed by atoms with Crippen LogP contribution in [-0.4, -0.2) is 37.4 Å². The van der Waals surface area contributed by atoms with Crippen molar-refractivity contribution in [2.45, 2.75) is 20.8 Å². The molecule has 0 saturated heterocycles. The van der Waals surface area contributed by atoms with Crippen molar-refractivity contribution < 1.29 is 28.3 Å². The number of hydrazone groups is 1. The van der Waals surface area contributed by atoms with Crippen LogP contribution < -0.4 is 10.7 Å². The topological polar surface area (TPSA) is 119 Å². The second-order valence-electron chi connectivity index (χ2n) is 5.04. The minimum atomic E-state index is -0.694. The van der Waals surface area contributed by atoms with Crippen molar-refractivity contribution in [1.29, 1.82) is 0 Å². The van der Waals surface area contributed by atoms with Gasteiger partial charge in [0, 0.05) is 0 Å². The van der Waals surface area contributed by atoms with Gasteiger partial charge in [-0.25, -0.2) is 19.8 Å². The Labute approximate surface area is 159 Å². The van der Waals surface area contributed by atoms with E-state index in [4.69, 9.17) is 13.9 Å². The molecule has 0 unspecified atom stereocenters. The van der Waals surface area contributed by atoms with Crippen molar-refractivity contribution in [2.24, 2.45) is 5.10 Å². The van der Waals surface area contributed by atoms with Crippen molar-refractivity contribution in [3.05, 3.63) is 40.2 Å². The number of hydrogen-bond donors (Lipinski definition) is 2. The lowest BCUT2D eigenvalue weighted by atomic mass is 10.1. The molecule has 10 heteroatoms. The molecule has 144 valence electrons. The van der Waals surface area contributed by atoms with Gasteiger partial charge in [0.25, 0.3) is 0 Å². The van der Waals surface area contributed by atoms with E-state index in [1.807, 2.05) is 0 Å². The van der Waals surface area contributed by atoms with Crippen molar-refractivity contribution in [2.75, 3.05) is 18.5 Å². The molecule has 0 radical (unpaired) electrons. The number of hydrogen-bond acceptors (Lipinski definition) is 8. The summed E-state index contributed by atoms with van der Waals surface area (Å²) in [6.45, 7) is 5.27. The summed E-state index contributed by atoms with van der Waals surface area (Å²) < 4.78 is 15.0. The average Bonchev–Trinajstić information content (AvgIpc) is 3.23. The second kappa shape index (κ2) is 9.53. The van der Waals surface area contributed by atoms with Crippen LogP contribution in [0.3, 0.4) is 0 Å². The molecule has 0 spiro atoms. The van der Waals surface area contributed by atoms with Crippen molar-refractivity contribution >= 4 is 40.5 Å². The van der Waals surface area contributed by atoms with Crippen molar-refractivity contribution in [3.63, 3.8) is 0 Å². The molecule has 2 heterocycles. The van der Waals surface area contributed by atoms with E-state index in [1.165, 1.54) is 12.5 Å². The SMILES string of the molecule is CCOC(=O)c1sc(NC(=O)NN=Cc2ccco2)c(C(=O)OCC)c1C. The Morgan fingerprint density at radius 1 is 1.22 bits per heavy atom. The summed E-state index contributed by atoms with van der Waals surface area (Å²) in [6.07, 6.45) is 2.79. The van der Waals surface area contributed by atoms with Crippen LogP contribution >= 0.6 is 11.3 Å². The maximum Gasteiger partial charge on any atom is 0.348 e. The first-order valence-corrected chi connectivity index (χ1v) is 8.90. The minimum absolute atomic E-state index is 0.107. The van der Waals surface area contributed by atoms with Crippen molar-refractivity contribution in [1.82, 2.24) is 5.43 Å². The highest BCUT2D eigenvalue weighted by Crippen LogP contribution is 2.34. The van der Waals surface area contributed by atoms with Crippen LogP contribution in [0, 0.1) is 6.92 Å². The predicted octanol–water partition coefficient (Wildman–Crippen LogP) is 3.16. The quantitative estimate of drug-likeness (QED) is 0.424. The summed E-state index contributed by atoms with van der Waals surface area (Å²) in [5.74, 6) is -0.759. The Morgan fingerprint density at radius 3 is 2.56 bits per heavy atom. The summed E-state index contributed by atoms with van der Waals surface area (Å²) in [7, 11) is 0. The van der Waals surface area contributed by atoms with Gasteiger partial charge in [-0.3, -0.25) is 5.32 Å². The number of carbonyl (C=O) groups is 3. The highest BCUT2D eigenvalue weighted by Gasteiger charge is 2.27. The molecule has 0 aliphatic carbocycles. The monoisotopic (exact) mass is 393 g/mol. The van der Waals surface area contributed by atoms with Gasteiger partial charge in [0.2, 0.25) is 0 Å². The van der Waals surface area contributed by atoms with Gasteiger partial charge in [0.15, 0.2) is 0 Å². The molecule has 0 fully saturated rings. The van der Waals surface area contributed by atoms with Gasteiger partial charge >= 0.3 is 18.0 Å². The van der Waals surface area contributed by atoms with E-state index in [-0.39, 0.29) is 28.7 Å². The molecule has 2 N–H and O–H groups in total. The van der Waals surface area contributed by atoms with E-state index in [0.29, 0.717) is 11.3 Å². The van der Waals surface area contributed by atoms with Gasteiger partial charge in [0.05, 0.1) is 31.3 Å². The molecular formula is C17H19N3O6S. The van der Waals surface area contributed by atoms with Gasteiger partial charge in [-0.2, -0.15) is 5.10 Å². The van der Waals surface area contributed by atoms with Crippen molar-refractivity contribution in [3.8, 4) is 0 Å². The summed E-state index contributed by atoms with van der Waals surface area (Å²) in [5, 5.41) is 6.40. The van der Waals surface area contributed by atoms with Gasteiger partial charge < -0.3 is 13.9 Å². The highest BCUT2D eigenvalue weighted by atomic mass is 32.1. The van der Waals surface area contributed by atoms with Gasteiger partial charge in [-0.15, -0.1) is 11.3 Å². The number of furan rings is 1. The largest absolute Gasteiger partial charge is 0.463 e. The van der Waals surface area contributed by atoms with E-state index in [2.05, 4.69) is 15.8 Å². The Kier molecular flexibility index (Phi) is 7.12. The molecule has 0 aliphatic heterocycles. The zero-order chi connectivity index (χ0) is 19.8. The van der Waals surface area contributed by atoms with E-state index < -0.39 is 18.0 Å². The predicted molar refractivity (Wildman–Crippen MR) is 99.4 cm³/mol. The molecule has 0 atom stereocenters. The van der Waals surface area contributed by atoms with Crippen LogP contribution in [0.25, 0.3) is 0 Å². The van der Waals surface area contributed by atoms with Crippen LogP contribution in [0.5, 0.6) is 0 Å². The number of urea groups is 1. The fourth-order valence-corrected chi connectivity index (χ4v) is 3.18. The maximum atomic E-state index is 12.2. The molecule has 2 rings (SSSR count). The molecule has 0 bridgehead atoms. The Hall–Kier alpha value is -3.14. The standard InChI is InChI=1S/C17H19N3O6S/c1-4-24-15(21)12-10(3)13(16(22)25-5-2)27-14(12)19-17(23)20-18-9-11-7-6-8-26-11/h6-9H,4-5H2,1-3H3,(H2,19,20,23). The number of esters is 2. The zero-order valence-corrected chi connectivity index (χ0v) is 15.8. The van der Waals surface area contributed by atoms with E-state index >= 15 is 0 Å². The summed E-state index contributed by atoms with van der Waals surface area (Å²) >= 11 is 0.930. The van der Waals surface area contributed by atoms with Crippen LogP contribution in [0.15, 0.2) is 27.9 Å². The third-order valence-corrected chi connectivity index (χ3v) is 4.40. The number of ether oxygens (including phenoxy) is 2.